The summed E-state index contributed by atoms with van der Waals surface area (Å²) in [7, 11) is 3.10. The Morgan fingerprint density at radius 1 is 1.07 bits per heavy atom. The first-order valence-electron chi connectivity index (χ1n) is 8.71. The quantitative estimate of drug-likeness (QED) is 0.865. The number of ether oxygens (including phenoxy) is 2. The van der Waals surface area contributed by atoms with Crippen LogP contribution < -0.4 is 14.8 Å². The Morgan fingerprint density at radius 3 is 2.37 bits per heavy atom. The van der Waals surface area contributed by atoms with E-state index >= 15 is 0 Å². The zero-order valence-electron chi connectivity index (χ0n) is 15.3. The highest BCUT2D eigenvalue weighted by Crippen LogP contribution is 2.22. The van der Waals surface area contributed by atoms with Gasteiger partial charge in [-0.2, -0.15) is 0 Å². The van der Waals surface area contributed by atoms with Crippen molar-refractivity contribution >= 4 is 17.5 Å². The molecule has 3 rings (SSSR count). The Balaban J connectivity index is 1.54. The molecule has 0 aliphatic carbocycles. The number of aromatic nitrogens is 2. The number of hydrogen-bond donors (Lipinski definition) is 1. The van der Waals surface area contributed by atoms with E-state index in [0.717, 1.165) is 0 Å². The summed E-state index contributed by atoms with van der Waals surface area (Å²) in [6.07, 6.45) is 4.12. The third kappa shape index (κ3) is 4.52. The number of hydrogen-bond acceptors (Lipinski definition) is 6. The zero-order valence-corrected chi connectivity index (χ0v) is 15.3. The van der Waals surface area contributed by atoms with Crippen molar-refractivity contribution in [2.75, 3.05) is 32.6 Å². The van der Waals surface area contributed by atoms with Gasteiger partial charge in [-0.3, -0.25) is 9.59 Å². The minimum absolute atomic E-state index is 0.0453. The number of carbonyl (C=O) groups is 2. The zero-order chi connectivity index (χ0) is 19.2. The average Bonchev–Trinajstić information content (AvgIpc) is 2.73. The smallest absolute Gasteiger partial charge is 0.291 e. The van der Waals surface area contributed by atoms with Crippen LogP contribution in [0.5, 0.6) is 11.5 Å². The number of methoxy groups -OCH3 is 2. The van der Waals surface area contributed by atoms with Crippen LogP contribution in [0.1, 0.15) is 23.5 Å². The van der Waals surface area contributed by atoms with E-state index in [0.29, 0.717) is 43.1 Å². The van der Waals surface area contributed by atoms with Crippen LogP contribution in [0, 0.1) is 5.92 Å². The van der Waals surface area contributed by atoms with Crippen molar-refractivity contribution in [1.82, 2.24) is 14.9 Å². The lowest BCUT2D eigenvalue weighted by Crippen LogP contribution is -2.42. The van der Waals surface area contributed by atoms with Crippen molar-refractivity contribution < 1.29 is 19.1 Å². The van der Waals surface area contributed by atoms with E-state index in [1.165, 1.54) is 19.5 Å². The molecule has 1 aliphatic rings. The minimum atomic E-state index is -0.232. The molecule has 0 radical (unpaired) electrons. The Hall–Kier alpha value is -3.16. The predicted octanol–water partition coefficient (Wildman–Crippen LogP) is 1.98. The van der Waals surface area contributed by atoms with Crippen LogP contribution in [0.4, 0.5) is 5.69 Å². The summed E-state index contributed by atoms with van der Waals surface area (Å²) < 4.78 is 10.2. The van der Waals surface area contributed by atoms with Crippen LogP contribution in [0.15, 0.2) is 36.7 Å². The van der Waals surface area contributed by atoms with Crippen LogP contribution in [-0.2, 0) is 4.79 Å². The van der Waals surface area contributed by atoms with Gasteiger partial charge in [-0.1, -0.05) is 6.07 Å². The summed E-state index contributed by atoms with van der Waals surface area (Å²) in [5.41, 5.74) is 0.699. The van der Waals surface area contributed by atoms with Gasteiger partial charge in [0.1, 0.15) is 5.75 Å². The lowest BCUT2D eigenvalue weighted by molar-refractivity contribution is -0.121. The second-order valence-corrected chi connectivity index (χ2v) is 6.23. The maximum atomic E-state index is 12.5. The number of carbonyl (C=O) groups excluding carboxylic acids is 2. The predicted molar refractivity (Wildman–Crippen MR) is 98.8 cm³/mol. The summed E-state index contributed by atoms with van der Waals surface area (Å²) in [4.78, 5) is 34.7. The molecule has 27 heavy (non-hydrogen) atoms. The molecule has 0 saturated carbocycles. The normalized spacial score (nSPS) is 14.5. The fourth-order valence-electron chi connectivity index (χ4n) is 2.96. The molecule has 8 heteroatoms. The number of amides is 2. The van der Waals surface area contributed by atoms with Crippen LogP contribution in [0.3, 0.4) is 0 Å². The molecule has 1 N–H and O–H groups in total. The highest BCUT2D eigenvalue weighted by Gasteiger charge is 2.29. The number of piperidine rings is 1. The molecule has 1 fully saturated rings. The second-order valence-electron chi connectivity index (χ2n) is 6.23. The second kappa shape index (κ2) is 8.48. The standard InChI is InChI=1S/C19H22N4O4/c1-26-15-5-3-4-14(10-15)22-18(24)13-6-8-23(9-7-13)19(25)17-20-11-16(27-2)12-21-17/h3-5,10-13H,6-9H2,1-2H3,(H,22,24). The summed E-state index contributed by atoms with van der Waals surface area (Å²) in [5, 5.41) is 2.91. The van der Waals surface area contributed by atoms with Crippen LogP contribution in [-0.4, -0.2) is 54.0 Å². The fraction of sp³-hybridized carbons (Fsp3) is 0.368. The van der Waals surface area contributed by atoms with E-state index in [9.17, 15) is 9.59 Å². The fourth-order valence-corrected chi connectivity index (χ4v) is 2.96. The SMILES string of the molecule is COc1cnc(C(=O)N2CCC(C(=O)Nc3cccc(OC)c3)CC2)nc1. The first-order chi connectivity index (χ1) is 13.1. The van der Waals surface area contributed by atoms with Crippen LogP contribution >= 0.6 is 0 Å². The molecule has 142 valence electrons. The molecule has 1 aromatic heterocycles. The Labute approximate surface area is 157 Å². The largest absolute Gasteiger partial charge is 0.497 e. The van der Waals surface area contributed by atoms with Gasteiger partial charge in [-0.25, -0.2) is 9.97 Å². The van der Waals surface area contributed by atoms with E-state index in [2.05, 4.69) is 15.3 Å². The molecule has 1 aliphatic heterocycles. The highest BCUT2D eigenvalue weighted by molar-refractivity contribution is 5.93. The molecule has 2 amide bonds. The van der Waals surface area contributed by atoms with E-state index < -0.39 is 0 Å². The van der Waals surface area contributed by atoms with Gasteiger partial charge in [0.15, 0.2) is 5.75 Å². The van der Waals surface area contributed by atoms with Gasteiger partial charge in [0.05, 0.1) is 26.6 Å². The molecule has 0 spiro atoms. The highest BCUT2D eigenvalue weighted by atomic mass is 16.5. The van der Waals surface area contributed by atoms with Crippen molar-refractivity contribution in [3.05, 3.63) is 42.5 Å². The number of likely N-dealkylation sites (tertiary alicyclic amines) is 1. The molecule has 8 nitrogen and oxygen atoms in total. The monoisotopic (exact) mass is 370 g/mol. The molecule has 1 saturated heterocycles. The number of nitrogens with zero attached hydrogens (tertiary/aromatic N) is 3. The lowest BCUT2D eigenvalue weighted by Gasteiger charge is -2.30. The third-order valence-electron chi connectivity index (χ3n) is 4.55. The maximum absolute atomic E-state index is 12.5. The number of nitrogens with one attached hydrogen (secondary N) is 1. The molecular formula is C19H22N4O4. The van der Waals surface area contributed by atoms with Crippen LogP contribution in [0.2, 0.25) is 0 Å². The number of rotatable bonds is 5. The molecule has 0 unspecified atom stereocenters. The summed E-state index contributed by atoms with van der Waals surface area (Å²) >= 11 is 0. The first kappa shape index (κ1) is 18.6. The third-order valence-corrected chi connectivity index (χ3v) is 4.55. The summed E-state index contributed by atoms with van der Waals surface area (Å²) in [6, 6.07) is 7.24. The minimum Gasteiger partial charge on any atom is -0.497 e. The molecule has 2 aromatic rings. The van der Waals surface area contributed by atoms with Gasteiger partial charge in [-0.05, 0) is 25.0 Å². The first-order valence-corrected chi connectivity index (χ1v) is 8.71. The molecule has 0 bridgehead atoms. The summed E-state index contributed by atoms with van der Waals surface area (Å²) in [6.45, 7) is 0.981. The van der Waals surface area contributed by atoms with Crippen molar-refractivity contribution in [3.63, 3.8) is 0 Å². The molecule has 0 atom stereocenters. The Bertz CT molecular complexity index is 802. The van der Waals surface area contributed by atoms with E-state index in [-0.39, 0.29) is 23.6 Å². The number of anilines is 1. The van der Waals surface area contributed by atoms with Gasteiger partial charge in [0.2, 0.25) is 11.7 Å². The maximum Gasteiger partial charge on any atom is 0.291 e. The van der Waals surface area contributed by atoms with Crippen molar-refractivity contribution in [2.24, 2.45) is 5.92 Å². The van der Waals surface area contributed by atoms with Gasteiger partial charge in [-0.15, -0.1) is 0 Å². The topological polar surface area (TPSA) is 93.7 Å². The Morgan fingerprint density at radius 2 is 1.74 bits per heavy atom. The molecular weight excluding hydrogens is 348 g/mol. The molecule has 1 aromatic carbocycles. The van der Waals surface area contributed by atoms with Crippen molar-refractivity contribution in [3.8, 4) is 11.5 Å². The number of benzene rings is 1. The van der Waals surface area contributed by atoms with E-state index in [4.69, 9.17) is 9.47 Å². The van der Waals surface area contributed by atoms with E-state index in [1.54, 1.807) is 18.1 Å². The summed E-state index contributed by atoms with van der Waals surface area (Å²) in [5.74, 6) is 0.902. The van der Waals surface area contributed by atoms with Gasteiger partial charge in [0, 0.05) is 30.8 Å². The van der Waals surface area contributed by atoms with Gasteiger partial charge in [0.25, 0.3) is 5.91 Å². The van der Waals surface area contributed by atoms with Gasteiger partial charge < -0.3 is 19.7 Å². The van der Waals surface area contributed by atoms with E-state index in [1.807, 2.05) is 18.2 Å². The van der Waals surface area contributed by atoms with Crippen LogP contribution in [0.25, 0.3) is 0 Å². The average molecular weight is 370 g/mol. The van der Waals surface area contributed by atoms with Crippen molar-refractivity contribution in [1.29, 1.82) is 0 Å². The Kier molecular flexibility index (Phi) is 5.85. The van der Waals surface area contributed by atoms with Crippen molar-refractivity contribution in [2.45, 2.75) is 12.8 Å². The van der Waals surface area contributed by atoms with Gasteiger partial charge >= 0.3 is 0 Å². The lowest BCUT2D eigenvalue weighted by atomic mass is 9.95. The molecule has 2 heterocycles.